The van der Waals surface area contributed by atoms with Crippen molar-refractivity contribution in [3.63, 3.8) is 0 Å². The average Bonchev–Trinajstić information content (AvgIpc) is 2.30. The first-order valence-corrected chi connectivity index (χ1v) is 27.0. The molecular weight excluding hydrogens is 1100 g/mol. The third-order valence-corrected chi connectivity index (χ3v) is 16.4. The maximum Gasteiger partial charge on any atom is 0.310 e. The molecule has 27 heteroatoms. The van der Waals surface area contributed by atoms with Crippen LogP contribution in [0.2, 0.25) is 0 Å². The van der Waals surface area contributed by atoms with Gasteiger partial charge >= 0.3 is 23.9 Å². The van der Waals surface area contributed by atoms with Crippen LogP contribution in [0.25, 0.3) is 0 Å². The minimum Gasteiger partial charge on any atom is -0.507 e. The van der Waals surface area contributed by atoms with Crippen LogP contribution in [0.15, 0.2) is 36.4 Å². The van der Waals surface area contributed by atoms with Crippen molar-refractivity contribution in [1.82, 2.24) is 16.0 Å². The van der Waals surface area contributed by atoms with Crippen LogP contribution in [0.4, 0.5) is 11.4 Å². The number of hydrogen-bond donors (Lipinski definition) is 11. The molecule has 3 fully saturated rings. The highest BCUT2D eigenvalue weighted by atomic mass is 16.5. The number of phenolic OH excluding ortho intramolecular Hbond substituents is 3. The number of carbonyl (C=O) groups excluding carboxylic acids is 12. The smallest absolute Gasteiger partial charge is 0.310 e. The van der Waals surface area contributed by atoms with E-state index in [1.165, 1.54) is 12.1 Å². The Kier molecular flexibility index (Phi) is 19.9. The molecule has 3 saturated carbocycles. The van der Waals surface area contributed by atoms with E-state index in [4.69, 9.17) is 36.1 Å². The third kappa shape index (κ3) is 14.0. The Labute approximate surface area is 480 Å². The molecule has 4 aliphatic rings. The van der Waals surface area contributed by atoms with Crippen molar-refractivity contribution in [3.8, 4) is 17.2 Å². The van der Waals surface area contributed by atoms with E-state index in [1.54, 1.807) is 6.92 Å². The van der Waals surface area contributed by atoms with Crippen molar-refractivity contribution in [2.24, 2.45) is 52.7 Å². The number of phenols is 3. The van der Waals surface area contributed by atoms with Gasteiger partial charge in [0.05, 0.1) is 93.0 Å². The van der Waals surface area contributed by atoms with Crippen molar-refractivity contribution < 1.29 is 91.8 Å². The molecule has 3 aromatic carbocycles. The molecule has 3 aromatic rings. The molecule has 450 valence electrons. The summed E-state index contributed by atoms with van der Waals surface area (Å²) >= 11 is 0. The standard InChI is InChI=1S/C57H68N8O19/c1-23-6-32-41(19-37(23)58)62-53(76)34-9-24(14-46(69)81-2)7-27(48(34)71)16-45(68)31-17-29(56(79)83-4)38(59)20-40(31)61-54(77)36-11-26(15-47(70)82-3)13-44(50(36)73)65-52(75)33-18-30(57(80)84-5)39(60)21-42(33)63-55(78)35-10-25(8-28(67)22-66)12-43(49(35)72)64-51(32)74/h7,9-13,22-23,29-33,37-42,71-73H,6,8,14-21,58-60H2,1-5H3,(H,61,77)(H,62,76)(H,63,78)(H,64,74)(H,65,75). The van der Waals surface area contributed by atoms with Crippen LogP contribution in [0, 0.1) is 35.5 Å². The topological polar surface area (TPSA) is 441 Å². The zero-order chi connectivity index (χ0) is 61.6. The molecule has 12 unspecified atom stereocenters. The Morgan fingerprint density at radius 1 is 0.524 bits per heavy atom. The zero-order valence-corrected chi connectivity index (χ0v) is 46.6. The fraction of sp³-hybridized carbons (Fsp3) is 0.474. The molecule has 6 bridgehead atoms. The second kappa shape index (κ2) is 26.6. The number of aromatic hydroxyl groups is 3. The number of amides is 5. The summed E-state index contributed by atoms with van der Waals surface area (Å²) in [5, 5.41) is 49.1. The summed E-state index contributed by atoms with van der Waals surface area (Å²) in [6.45, 7) is 1.76. The van der Waals surface area contributed by atoms with E-state index < -0.39 is 208 Å². The number of ether oxygens (including phenoxy) is 4. The Morgan fingerprint density at radius 2 is 0.917 bits per heavy atom. The van der Waals surface area contributed by atoms with Crippen LogP contribution in [0.5, 0.6) is 17.2 Å². The second-order valence-corrected chi connectivity index (χ2v) is 21.8. The highest BCUT2D eigenvalue weighted by Gasteiger charge is 2.46. The molecule has 0 saturated heterocycles. The van der Waals surface area contributed by atoms with Crippen LogP contribution in [0.3, 0.4) is 0 Å². The molecule has 7 rings (SSSR count). The number of anilines is 2. The number of aldehydes is 1. The number of rotatable bonds is 9. The molecule has 0 radical (unpaired) electrons. The monoisotopic (exact) mass is 1170 g/mol. The lowest BCUT2D eigenvalue weighted by molar-refractivity contribution is -0.149. The molecule has 14 N–H and O–H groups in total. The first kappa shape index (κ1) is 62.8. The number of esters is 4. The largest absolute Gasteiger partial charge is 0.507 e. The van der Waals surface area contributed by atoms with E-state index >= 15 is 0 Å². The normalized spacial score (nSPS) is 26.7. The lowest BCUT2D eigenvalue weighted by Gasteiger charge is -2.38. The number of ketones is 2. The first-order chi connectivity index (χ1) is 39.8. The number of benzene rings is 3. The van der Waals surface area contributed by atoms with Gasteiger partial charge < -0.3 is 78.1 Å². The Morgan fingerprint density at radius 3 is 1.36 bits per heavy atom. The molecular formula is C57H68N8O19. The van der Waals surface area contributed by atoms with Gasteiger partial charge in [-0.1, -0.05) is 13.0 Å². The predicted octanol–water partition coefficient (Wildman–Crippen LogP) is -0.331. The fourth-order valence-electron chi connectivity index (χ4n) is 11.7. The van der Waals surface area contributed by atoms with Gasteiger partial charge in [-0.2, -0.15) is 0 Å². The highest BCUT2D eigenvalue weighted by molar-refractivity contribution is 6.25. The van der Waals surface area contributed by atoms with E-state index in [2.05, 4.69) is 26.6 Å². The van der Waals surface area contributed by atoms with E-state index in [0.717, 1.165) is 52.7 Å². The lowest BCUT2D eigenvalue weighted by atomic mass is 9.72. The summed E-state index contributed by atoms with van der Waals surface area (Å²) in [7, 11) is 4.41. The van der Waals surface area contributed by atoms with E-state index in [1.807, 2.05) is 0 Å². The summed E-state index contributed by atoms with van der Waals surface area (Å²) in [4.78, 5) is 164. The molecule has 5 amide bonds. The van der Waals surface area contributed by atoms with Crippen molar-refractivity contribution >= 4 is 82.6 Å². The van der Waals surface area contributed by atoms with Crippen LogP contribution >= 0.6 is 0 Å². The molecule has 1 aliphatic heterocycles. The minimum atomic E-state index is -1.44. The van der Waals surface area contributed by atoms with E-state index in [0.29, 0.717) is 0 Å². The Bertz CT molecular complexity index is 3180. The van der Waals surface area contributed by atoms with Crippen molar-refractivity contribution in [2.75, 3.05) is 39.1 Å². The van der Waals surface area contributed by atoms with Gasteiger partial charge in [-0.05, 0) is 91.5 Å². The first-order valence-electron chi connectivity index (χ1n) is 27.0. The maximum absolute atomic E-state index is 14.9. The fourth-order valence-corrected chi connectivity index (χ4v) is 11.7. The van der Waals surface area contributed by atoms with Crippen molar-refractivity contribution in [3.05, 3.63) is 75.3 Å². The number of methoxy groups -OCH3 is 4. The molecule has 27 nitrogen and oxygen atoms in total. The van der Waals surface area contributed by atoms with Gasteiger partial charge in [-0.15, -0.1) is 0 Å². The van der Waals surface area contributed by atoms with Gasteiger partial charge in [0.1, 0.15) is 11.5 Å². The van der Waals surface area contributed by atoms with Crippen LogP contribution in [-0.2, 0) is 87.8 Å². The van der Waals surface area contributed by atoms with Gasteiger partial charge in [0.15, 0.2) is 23.6 Å². The number of Topliss-reactive ketones (excluding diaryl/α,β-unsaturated/α-hetero) is 2. The minimum absolute atomic E-state index is 0.00387. The van der Waals surface area contributed by atoms with Crippen LogP contribution in [-0.4, -0.2) is 151 Å². The van der Waals surface area contributed by atoms with Crippen LogP contribution < -0.4 is 43.8 Å². The predicted molar refractivity (Wildman–Crippen MR) is 293 cm³/mol. The van der Waals surface area contributed by atoms with Gasteiger partial charge in [-0.3, -0.25) is 57.5 Å². The summed E-state index contributed by atoms with van der Waals surface area (Å²) in [5.74, 6) is -18.9. The molecule has 0 spiro atoms. The molecule has 12 atom stereocenters. The quantitative estimate of drug-likeness (QED) is 0.0429. The zero-order valence-electron chi connectivity index (χ0n) is 46.6. The lowest BCUT2D eigenvalue weighted by Crippen LogP contribution is -2.55. The Balaban J connectivity index is 1.41. The van der Waals surface area contributed by atoms with E-state index in [-0.39, 0.29) is 66.6 Å². The summed E-state index contributed by atoms with van der Waals surface area (Å²) in [6.07, 6.45) is -3.62. The van der Waals surface area contributed by atoms with Gasteiger partial charge in [0, 0.05) is 60.6 Å². The van der Waals surface area contributed by atoms with E-state index in [9.17, 15) is 72.9 Å². The second-order valence-electron chi connectivity index (χ2n) is 21.8. The van der Waals surface area contributed by atoms with Crippen molar-refractivity contribution in [2.45, 2.75) is 107 Å². The molecule has 3 aliphatic carbocycles. The van der Waals surface area contributed by atoms with Gasteiger partial charge in [0.25, 0.3) is 17.7 Å². The number of carbonyl (C=O) groups is 12. The number of hydrogen-bond acceptors (Lipinski definition) is 22. The summed E-state index contributed by atoms with van der Waals surface area (Å²) < 4.78 is 19.7. The Hall–Kier alpha value is -8.82. The van der Waals surface area contributed by atoms with Crippen LogP contribution in [0.1, 0.15) is 98.8 Å². The highest BCUT2D eigenvalue weighted by Crippen LogP contribution is 2.39. The summed E-state index contributed by atoms with van der Waals surface area (Å²) in [6, 6.07) is 0.538. The average molecular weight is 1170 g/mol. The van der Waals surface area contributed by atoms with Crippen molar-refractivity contribution in [1.29, 1.82) is 0 Å². The number of fused-ring (bicyclic) bond motifs is 9. The number of nitrogens with two attached hydrogens (primary N) is 3. The molecule has 1 heterocycles. The van der Waals surface area contributed by atoms with Gasteiger partial charge in [-0.25, -0.2) is 0 Å². The molecule has 84 heavy (non-hydrogen) atoms. The molecule has 0 aromatic heterocycles. The SMILES string of the molecule is COC(=O)Cc1cc2c(O)c(c1)C(=O)NC1CC(N)C(C)CC1C(=O)Nc1cc(CC(=O)C=O)cc(c1O)C(=O)NC1CC(N)C(C(=O)OC)CC1C(=O)Nc1cc(CC(=O)OC)cc(c1O)C(=O)NC1CC(N)C(C(=O)OC)CC1C(=O)C2. The van der Waals surface area contributed by atoms with Gasteiger partial charge in [0.2, 0.25) is 11.8 Å². The maximum atomic E-state index is 14.9. The third-order valence-electron chi connectivity index (χ3n) is 16.4. The summed E-state index contributed by atoms with van der Waals surface area (Å²) in [5.41, 5.74) is 16.9. The number of nitrogens with one attached hydrogen (secondary N) is 5.